The molecule has 0 bridgehead atoms. The Morgan fingerprint density at radius 1 is 1.19 bits per heavy atom. The highest BCUT2D eigenvalue weighted by Gasteiger charge is 2.25. The van der Waals surface area contributed by atoms with E-state index in [1.165, 1.54) is 13.8 Å². The van der Waals surface area contributed by atoms with Crippen LogP contribution >= 0.6 is 0 Å². The minimum atomic E-state index is -3.81. The first kappa shape index (κ1) is 13.1. The van der Waals surface area contributed by atoms with Gasteiger partial charge in [0.05, 0.1) is 5.60 Å². The Morgan fingerprint density at radius 2 is 1.69 bits per heavy atom. The molecule has 0 atom stereocenters. The molecule has 1 rings (SSSR count). The zero-order valence-electron chi connectivity index (χ0n) is 9.08. The van der Waals surface area contributed by atoms with Crippen LogP contribution in [0.25, 0.3) is 0 Å². The quantitative estimate of drug-likeness (QED) is 0.867. The third-order valence-corrected chi connectivity index (χ3v) is 3.19. The SMILES string of the molecule is CC(C)(O)c1cc(F)c(S(C)(=O)=O)cc1F. The number of benzene rings is 1. The lowest BCUT2D eigenvalue weighted by atomic mass is 9.98. The van der Waals surface area contributed by atoms with Crippen molar-refractivity contribution >= 4 is 9.84 Å². The van der Waals surface area contributed by atoms with Gasteiger partial charge in [0.2, 0.25) is 0 Å². The van der Waals surface area contributed by atoms with Gasteiger partial charge in [0.15, 0.2) is 9.84 Å². The molecule has 6 heteroatoms. The van der Waals surface area contributed by atoms with Gasteiger partial charge in [-0.3, -0.25) is 0 Å². The first-order valence-electron chi connectivity index (χ1n) is 4.45. The molecule has 0 spiro atoms. The topological polar surface area (TPSA) is 54.4 Å². The molecule has 0 aromatic heterocycles. The first-order chi connectivity index (χ1) is 7.03. The second-order valence-electron chi connectivity index (χ2n) is 4.09. The molecule has 1 N–H and O–H groups in total. The molecule has 0 unspecified atom stereocenters. The van der Waals surface area contributed by atoms with E-state index >= 15 is 0 Å². The zero-order valence-corrected chi connectivity index (χ0v) is 9.90. The molecule has 1 aromatic rings. The van der Waals surface area contributed by atoms with Crippen LogP contribution in [0.4, 0.5) is 8.78 Å². The molecule has 0 aliphatic rings. The Balaban J connectivity index is 3.52. The average molecular weight is 250 g/mol. The molecule has 0 radical (unpaired) electrons. The fraction of sp³-hybridized carbons (Fsp3) is 0.400. The van der Waals surface area contributed by atoms with Crippen LogP contribution in [-0.2, 0) is 15.4 Å². The lowest BCUT2D eigenvalue weighted by Crippen LogP contribution is -2.19. The molecule has 0 fully saturated rings. The Bertz CT molecular complexity index is 516. The van der Waals surface area contributed by atoms with Crippen LogP contribution < -0.4 is 0 Å². The normalized spacial score (nSPS) is 12.9. The zero-order chi connectivity index (χ0) is 12.7. The second-order valence-corrected chi connectivity index (χ2v) is 6.08. The fourth-order valence-corrected chi connectivity index (χ4v) is 2.01. The predicted molar refractivity (Wildman–Crippen MR) is 54.7 cm³/mol. The Kier molecular flexibility index (Phi) is 3.08. The van der Waals surface area contributed by atoms with Crippen LogP contribution in [-0.4, -0.2) is 19.8 Å². The summed E-state index contributed by atoms with van der Waals surface area (Å²) in [6.45, 7) is 2.57. The molecule has 3 nitrogen and oxygen atoms in total. The van der Waals surface area contributed by atoms with Gasteiger partial charge in [0, 0.05) is 11.8 Å². The van der Waals surface area contributed by atoms with Crippen LogP contribution in [0.5, 0.6) is 0 Å². The molecule has 0 aliphatic carbocycles. The van der Waals surface area contributed by atoms with Gasteiger partial charge in [-0.1, -0.05) is 0 Å². The molecule has 0 saturated carbocycles. The van der Waals surface area contributed by atoms with Gasteiger partial charge in [-0.2, -0.15) is 0 Å². The number of halogens is 2. The van der Waals surface area contributed by atoms with E-state index in [1.807, 2.05) is 0 Å². The number of sulfone groups is 1. The van der Waals surface area contributed by atoms with Crippen LogP contribution in [0.15, 0.2) is 17.0 Å². The van der Waals surface area contributed by atoms with Gasteiger partial charge in [0.1, 0.15) is 16.5 Å². The van der Waals surface area contributed by atoms with Gasteiger partial charge in [-0.25, -0.2) is 17.2 Å². The van der Waals surface area contributed by atoms with Gasteiger partial charge in [-0.15, -0.1) is 0 Å². The molecular weight excluding hydrogens is 238 g/mol. The van der Waals surface area contributed by atoms with E-state index in [2.05, 4.69) is 0 Å². The van der Waals surface area contributed by atoms with Crippen molar-refractivity contribution in [3.63, 3.8) is 0 Å². The highest BCUT2D eigenvalue weighted by molar-refractivity contribution is 7.90. The van der Waals surface area contributed by atoms with E-state index in [0.29, 0.717) is 12.1 Å². The predicted octanol–water partition coefficient (Wildman–Crippen LogP) is 1.60. The van der Waals surface area contributed by atoms with Gasteiger partial charge >= 0.3 is 0 Å². The van der Waals surface area contributed by atoms with Crippen LogP contribution in [0.2, 0.25) is 0 Å². The monoisotopic (exact) mass is 250 g/mol. The van der Waals surface area contributed by atoms with Crippen molar-refractivity contribution in [1.29, 1.82) is 0 Å². The Morgan fingerprint density at radius 3 is 2.06 bits per heavy atom. The molecule has 0 heterocycles. The summed E-state index contributed by atoms with van der Waals surface area (Å²) in [6, 6.07) is 1.28. The molecule has 0 saturated heterocycles. The maximum absolute atomic E-state index is 13.5. The molecule has 1 aromatic carbocycles. The van der Waals surface area contributed by atoms with Crippen molar-refractivity contribution in [3.8, 4) is 0 Å². The number of rotatable bonds is 2. The molecule has 90 valence electrons. The van der Waals surface area contributed by atoms with Crippen molar-refractivity contribution < 1.29 is 22.3 Å². The number of hydrogen-bond donors (Lipinski definition) is 1. The summed E-state index contributed by atoms with van der Waals surface area (Å²) in [5.74, 6) is -2.02. The Hall–Kier alpha value is -1.01. The third-order valence-electron chi connectivity index (χ3n) is 2.08. The third kappa shape index (κ3) is 2.56. The van der Waals surface area contributed by atoms with E-state index < -0.39 is 32.0 Å². The summed E-state index contributed by atoms with van der Waals surface area (Å²) in [6.07, 6.45) is 0.786. The fourth-order valence-electron chi connectivity index (χ4n) is 1.28. The van der Waals surface area contributed by atoms with Crippen molar-refractivity contribution in [1.82, 2.24) is 0 Å². The largest absolute Gasteiger partial charge is 0.386 e. The lowest BCUT2D eigenvalue weighted by Gasteiger charge is -2.19. The maximum atomic E-state index is 13.5. The summed E-state index contributed by atoms with van der Waals surface area (Å²) in [7, 11) is -3.81. The van der Waals surface area contributed by atoms with Crippen molar-refractivity contribution in [2.45, 2.75) is 24.3 Å². The highest BCUT2D eigenvalue weighted by Crippen LogP contribution is 2.27. The van der Waals surface area contributed by atoms with Crippen LogP contribution in [0, 0.1) is 11.6 Å². The van der Waals surface area contributed by atoms with Crippen molar-refractivity contribution in [2.24, 2.45) is 0 Å². The van der Waals surface area contributed by atoms with E-state index in [9.17, 15) is 22.3 Å². The van der Waals surface area contributed by atoms with Crippen molar-refractivity contribution in [3.05, 3.63) is 29.3 Å². The minimum absolute atomic E-state index is 0.280. The Labute approximate surface area is 92.6 Å². The standard InChI is InChI=1S/C10H12F2O3S/c1-10(2,13)6-4-8(12)9(5-7(6)11)16(3,14)15/h4-5,13H,1-3H3. The van der Waals surface area contributed by atoms with Crippen LogP contribution in [0.3, 0.4) is 0 Å². The number of aliphatic hydroxyl groups is 1. The number of hydrogen-bond acceptors (Lipinski definition) is 3. The second kappa shape index (κ2) is 3.78. The van der Waals surface area contributed by atoms with E-state index in [4.69, 9.17) is 0 Å². The lowest BCUT2D eigenvalue weighted by molar-refractivity contribution is 0.0739. The van der Waals surface area contributed by atoms with Gasteiger partial charge < -0.3 is 5.11 Å². The molecule has 0 amide bonds. The summed E-state index contributed by atoms with van der Waals surface area (Å²) in [5, 5.41) is 9.53. The average Bonchev–Trinajstić information content (AvgIpc) is 2.04. The highest BCUT2D eigenvalue weighted by atomic mass is 32.2. The molecule has 16 heavy (non-hydrogen) atoms. The summed E-state index contributed by atoms with van der Waals surface area (Å²) in [5.41, 5.74) is -1.85. The van der Waals surface area contributed by atoms with E-state index in [0.717, 1.165) is 6.26 Å². The minimum Gasteiger partial charge on any atom is -0.386 e. The summed E-state index contributed by atoms with van der Waals surface area (Å²) < 4.78 is 49.1. The summed E-state index contributed by atoms with van der Waals surface area (Å²) in [4.78, 5) is -0.710. The van der Waals surface area contributed by atoms with Gasteiger partial charge in [-0.05, 0) is 26.0 Å². The van der Waals surface area contributed by atoms with Gasteiger partial charge in [0.25, 0.3) is 0 Å². The van der Waals surface area contributed by atoms with Crippen molar-refractivity contribution in [2.75, 3.05) is 6.26 Å². The van der Waals surface area contributed by atoms with E-state index in [1.54, 1.807) is 0 Å². The molecular formula is C10H12F2O3S. The maximum Gasteiger partial charge on any atom is 0.178 e. The smallest absolute Gasteiger partial charge is 0.178 e. The first-order valence-corrected chi connectivity index (χ1v) is 6.34. The molecule has 0 aliphatic heterocycles. The van der Waals surface area contributed by atoms with E-state index in [-0.39, 0.29) is 5.56 Å². The summed E-state index contributed by atoms with van der Waals surface area (Å²) >= 11 is 0. The van der Waals surface area contributed by atoms with Crippen LogP contribution in [0.1, 0.15) is 19.4 Å².